The number of amides is 1. The number of carbonyl (C=O) groups excluding carboxylic acids is 1. The minimum absolute atomic E-state index is 0.0453. The number of halogens is 3. The van der Waals surface area contributed by atoms with Crippen LogP contribution in [-0.2, 0) is 6.18 Å². The number of nitrogens with zero attached hydrogens (tertiary/aromatic N) is 1. The molecule has 0 radical (unpaired) electrons. The van der Waals surface area contributed by atoms with E-state index in [1.165, 1.54) is 18.2 Å². The van der Waals surface area contributed by atoms with Gasteiger partial charge in [0.1, 0.15) is 5.69 Å². The normalized spacial score (nSPS) is 11.4. The summed E-state index contributed by atoms with van der Waals surface area (Å²) in [6.07, 6.45) is -4.52. The van der Waals surface area contributed by atoms with E-state index in [2.05, 4.69) is 10.5 Å². The SMILES string of the molecule is O=C(Nc1cc(-c2cccc(-c3cccs3)c2)no1)c1cccc(C(F)(F)F)c1. The van der Waals surface area contributed by atoms with Crippen molar-refractivity contribution < 1.29 is 22.5 Å². The van der Waals surface area contributed by atoms with Gasteiger partial charge in [-0.25, -0.2) is 0 Å². The quantitative estimate of drug-likeness (QED) is 0.424. The Kier molecular flexibility index (Phi) is 4.94. The Bertz CT molecular complexity index is 1150. The first-order valence-electron chi connectivity index (χ1n) is 8.50. The molecule has 0 saturated heterocycles. The Morgan fingerprint density at radius 2 is 1.76 bits per heavy atom. The lowest BCUT2D eigenvalue weighted by molar-refractivity contribution is -0.137. The fourth-order valence-corrected chi connectivity index (χ4v) is 3.49. The van der Waals surface area contributed by atoms with Crippen molar-refractivity contribution in [1.82, 2.24) is 5.16 Å². The molecule has 0 saturated carbocycles. The Labute approximate surface area is 167 Å². The summed E-state index contributed by atoms with van der Waals surface area (Å²) in [6, 6.07) is 17.3. The van der Waals surface area contributed by atoms with E-state index in [4.69, 9.17) is 4.52 Å². The molecule has 146 valence electrons. The van der Waals surface area contributed by atoms with Crippen LogP contribution in [0.3, 0.4) is 0 Å². The monoisotopic (exact) mass is 414 g/mol. The second-order valence-electron chi connectivity index (χ2n) is 6.17. The number of carbonyl (C=O) groups is 1. The number of hydrogen-bond donors (Lipinski definition) is 1. The standard InChI is InChI=1S/C21H13F3N2O2S/c22-21(23,24)16-7-2-6-15(11-16)20(27)25-19-12-17(26-28-19)13-4-1-5-14(10-13)18-8-3-9-29-18/h1-12H,(H,25,27). The molecule has 4 nitrogen and oxygen atoms in total. The Morgan fingerprint density at radius 1 is 0.966 bits per heavy atom. The summed E-state index contributed by atoms with van der Waals surface area (Å²) in [5, 5.41) is 8.37. The molecule has 1 amide bonds. The average molecular weight is 414 g/mol. The molecule has 1 N–H and O–H groups in total. The third-order valence-corrected chi connectivity index (χ3v) is 5.08. The van der Waals surface area contributed by atoms with Crippen molar-refractivity contribution in [3.05, 3.63) is 83.2 Å². The van der Waals surface area contributed by atoms with Gasteiger partial charge in [0.2, 0.25) is 5.88 Å². The number of rotatable bonds is 4. The Hall–Kier alpha value is -3.39. The van der Waals surface area contributed by atoms with Gasteiger partial charge in [-0.1, -0.05) is 35.5 Å². The Balaban J connectivity index is 1.53. The number of nitrogens with one attached hydrogen (secondary N) is 1. The second kappa shape index (κ2) is 7.56. The van der Waals surface area contributed by atoms with Gasteiger partial charge in [-0.05, 0) is 41.3 Å². The van der Waals surface area contributed by atoms with Crippen molar-refractivity contribution in [2.75, 3.05) is 5.32 Å². The number of anilines is 1. The molecule has 0 aliphatic rings. The first-order valence-corrected chi connectivity index (χ1v) is 9.38. The molecule has 2 aromatic carbocycles. The van der Waals surface area contributed by atoms with E-state index in [9.17, 15) is 18.0 Å². The summed E-state index contributed by atoms with van der Waals surface area (Å²) in [6.45, 7) is 0. The molecule has 2 aromatic heterocycles. The van der Waals surface area contributed by atoms with Crippen LogP contribution in [0.15, 0.2) is 76.6 Å². The first-order chi connectivity index (χ1) is 13.9. The van der Waals surface area contributed by atoms with Crippen LogP contribution in [0, 0.1) is 0 Å². The van der Waals surface area contributed by atoms with Crippen LogP contribution in [0.1, 0.15) is 15.9 Å². The van der Waals surface area contributed by atoms with E-state index in [-0.39, 0.29) is 11.4 Å². The van der Waals surface area contributed by atoms with Gasteiger partial charge in [-0.2, -0.15) is 13.2 Å². The smallest absolute Gasteiger partial charge is 0.338 e. The fraction of sp³-hybridized carbons (Fsp3) is 0.0476. The fourth-order valence-electron chi connectivity index (χ4n) is 2.77. The first kappa shape index (κ1) is 18.9. The molecule has 0 bridgehead atoms. The van der Waals surface area contributed by atoms with Gasteiger partial charge in [-0.15, -0.1) is 11.3 Å². The van der Waals surface area contributed by atoms with Crippen LogP contribution >= 0.6 is 11.3 Å². The van der Waals surface area contributed by atoms with E-state index in [1.54, 1.807) is 11.3 Å². The predicted molar refractivity (Wildman–Crippen MR) is 105 cm³/mol. The van der Waals surface area contributed by atoms with Gasteiger partial charge < -0.3 is 4.52 Å². The highest BCUT2D eigenvalue weighted by Crippen LogP contribution is 2.31. The molecule has 0 aliphatic heterocycles. The third-order valence-electron chi connectivity index (χ3n) is 4.16. The summed E-state index contributed by atoms with van der Waals surface area (Å²) >= 11 is 1.61. The van der Waals surface area contributed by atoms with Crippen molar-refractivity contribution in [2.45, 2.75) is 6.18 Å². The van der Waals surface area contributed by atoms with Crippen LogP contribution in [-0.4, -0.2) is 11.1 Å². The molecule has 0 aliphatic carbocycles. The largest absolute Gasteiger partial charge is 0.416 e. The molecule has 0 fully saturated rings. The zero-order valence-electron chi connectivity index (χ0n) is 14.7. The molecule has 0 atom stereocenters. The summed E-state index contributed by atoms with van der Waals surface area (Å²) in [5.74, 6) is -0.671. The predicted octanol–water partition coefficient (Wildman–Crippen LogP) is 6.34. The maximum absolute atomic E-state index is 12.8. The van der Waals surface area contributed by atoms with Crippen molar-refractivity contribution in [3.63, 3.8) is 0 Å². The number of alkyl halides is 3. The zero-order valence-corrected chi connectivity index (χ0v) is 15.6. The molecule has 8 heteroatoms. The maximum atomic E-state index is 12.8. The van der Waals surface area contributed by atoms with Crippen LogP contribution in [0.5, 0.6) is 0 Å². The molecule has 4 aromatic rings. The minimum atomic E-state index is -4.52. The maximum Gasteiger partial charge on any atom is 0.416 e. The molecule has 4 rings (SSSR count). The van der Waals surface area contributed by atoms with E-state index < -0.39 is 17.6 Å². The number of aromatic nitrogens is 1. The van der Waals surface area contributed by atoms with E-state index in [0.29, 0.717) is 5.69 Å². The lowest BCUT2D eigenvalue weighted by atomic mass is 10.1. The lowest BCUT2D eigenvalue weighted by Gasteiger charge is -2.08. The van der Waals surface area contributed by atoms with Crippen LogP contribution in [0.25, 0.3) is 21.7 Å². The minimum Gasteiger partial charge on any atom is -0.338 e. The molecule has 29 heavy (non-hydrogen) atoms. The number of hydrogen-bond acceptors (Lipinski definition) is 4. The highest BCUT2D eigenvalue weighted by Gasteiger charge is 2.31. The summed E-state index contributed by atoms with van der Waals surface area (Å²) in [4.78, 5) is 13.4. The van der Waals surface area contributed by atoms with Gasteiger partial charge >= 0.3 is 6.18 Å². The highest BCUT2D eigenvalue weighted by molar-refractivity contribution is 7.13. The van der Waals surface area contributed by atoms with Crippen molar-refractivity contribution in [3.8, 4) is 21.7 Å². The van der Waals surface area contributed by atoms with Crippen molar-refractivity contribution >= 4 is 23.1 Å². The number of thiophene rings is 1. The van der Waals surface area contributed by atoms with E-state index >= 15 is 0 Å². The van der Waals surface area contributed by atoms with Crippen LogP contribution in [0.2, 0.25) is 0 Å². The average Bonchev–Trinajstić information content (AvgIpc) is 3.40. The topological polar surface area (TPSA) is 55.1 Å². The lowest BCUT2D eigenvalue weighted by Crippen LogP contribution is -2.13. The molecule has 2 heterocycles. The highest BCUT2D eigenvalue weighted by atomic mass is 32.1. The van der Waals surface area contributed by atoms with Gasteiger partial charge in [0, 0.05) is 22.1 Å². The molecule has 0 spiro atoms. The summed E-state index contributed by atoms with van der Waals surface area (Å²) in [7, 11) is 0. The van der Waals surface area contributed by atoms with Gasteiger partial charge in [0.15, 0.2) is 0 Å². The second-order valence-corrected chi connectivity index (χ2v) is 7.11. The van der Waals surface area contributed by atoms with E-state index in [1.807, 2.05) is 41.8 Å². The van der Waals surface area contributed by atoms with Gasteiger partial charge in [0.25, 0.3) is 5.91 Å². The summed E-state index contributed by atoms with van der Waals surface area (Å²) < 4.78 is 43.6. The van der Waals surface area contributed by atoms with Crippen LogP contribution in [0.4, 0.5) is 19.1 Å². The third kappa shape index (κ3) is 4.22. The van der Waals surface area contributed by atoms with Gasteiger partial charge in [0.05, 0.1) is 5.56 Å². The molecule has 0 unspecified atom stereocenters. The van der Waals surface area contributed by atoms with Crippen LogP contribution < -0.4 is 5.32 Å². The van der Waals surface area contributed by atoms with Crippen molar-refractivity contribution in [2.24, 2.45) is 0 Å². The molecular weight excluding hydrogens is 401 g/mol. The molecular formula is C21H13F3N2O2S. The Morgan fingerprint density at radius 3 is 2.52 bits per heavy atom. The number of benzene rings is 2. The van der Waals surface area contributed by atoms with Crippen molar-refractivity contribution in [1.29, 1.82) is 0 Å². The zero-order chi connectivity index (χ0) is 20.4. The summed E-state index contributed by atoms with van der Waals surface area (Å²) in [5.41, 5.74) is 1.29. The van der Waals surface area contributed by atoms with E-state index in [0.717, 1.165) is 28.1 Å². The van der Waals surface area contributed by atoms with Gasteiger partial charge in [-0.3, -0.25) is 10.1 Å².